The fraction of sp³-hybridized carbons (Fsp3) is 0.611. The minimum atomic E-state index is -0.709. The smallest absolute Gasteiger partial charge is 0.125 e. The van der Waals surface area contributed by atoms with Crippen molar-refractivity contribution in [3.63, 3.8) is 0 Å². The molecule has 3 nitrogen and oxygen atoms in total. The molecule has 2 aliphatic rings. The second kappa shape index (κ2) is 6.60. The van der Waals surface area contributed by atoms with E-state index in [9.17, 15) is 5.11 Å². The number of piperidine rings is 1. The van der Waals surface area contributed by atoms with Crippen LogP contribution in [-0.4, -0.2) is 33.7 Å². The molecule has 0 amide bonds. The van der Waals surface area contributed by atoms with Crippen LogP contribution in [0.15, 0.2) is 24.5 Å². The van der Waals surface area contributed by atoms with E-state index in [2.05, 4.69) is 27.8 Å². The molecular formula is C18H24N2O. The van der Waals surface area contributed by atoms with Gasteiger partial charge in [-0.25, -0.2) is 0 Å². The normalized spacial score (nSPS) is 25.3. The lowest BCUT2D eigenvalue weighted by molar-refractivity contribution is 0.109. The molecule has 0 spiro atoms. The average molecular weight is 284 g/mol. The molecule has 2 heterocycles. The van der Waals surface area contributed by atoms with Crippen molar-refractivity contribution in [2.45, 2.75) is 56.6 Å². The number of hydrogen-bond donors (Lipinski definition) is 1. The Bertz CT molecular complexity index is 511. The first-order valence-electron chi connectivity index (χ1n) is 8.13. The summed E-state index contributed by atoms with van der Waals surface area (Å²) in [6, 6.07) is 4.60. The SMILES string of the molecule is OC1(C#CCN2CCCC[C@H]2c2cccnc2)CCCC1. The van der Waals surface area contributed by atoms with E-state index in [4.69, 9.17) is 0 Å². The van der Waals surface area contributed by atoms with Crippen LogP contribution in [0.25, 0.3) is 0 Å². The number of aromatic nitrogens is 1. The molecule has 1 aliphatic heterocycles. The quantitative estimate of drug-likeness (QED) is 0.848. The maximum atomic E-state index is 10.3. The standard InChI is InChI=1S/C18H24N2O/c21-18(9-2-3-10-18)11-6-14-20-13-4-1-8-17(20)16-7-5-12-19-15-16/h5,7,12,15,17,21H,1-4,8-10,13-14H2/t17-/m0/s1. The molecular weight excluding hydrogens is 260 g/mol. The topological polar surface area (TPSA) is 36.4 Å². The van der Waals surface area contributed by atoms with E-state index in [0.29, 0.717) is 6.04 Å². The minimum absolute atomic E-state index is 0.431. The molecule has 1 atom stereocenters. The summed E-state index contributed by atoms with van der Waals surface area (Å²) in [5, 5.41) is 10.3. The van der Waals surface area contributed by atoms with Gasteiger partial charge in [-0.1, -0.05) is 24.3 Å². The molecule has 1 N–H and O–H groups in total. The van der Waals surface area contributed by atoms with Crippen molar-refractivity contribution in [2.75, 3.05) is 13.1 Å². The van der Waals surface area contributed by atoms with Crippen LogP contribution in [0.2, 0.25) is 0 Å². The first kappa shape index (κ1) is 14.6. The summed E-state index contributed by atoms with van der Waals surface area (Å²) in [4.78, 5) is 6.68. The first-order chi connectivity index (χ1) is 10.3. The Labute approximate surface area is 127 Å². The number of rotatable bonds is 2. The predicted octanol–water partition coefficient (Wildman–Crippen LogP) is 2.92. The lowest BCUT2D eigenvalue weighted by Crippen LogP contribution is -2.34. The van der Waals surface area contributed by atoms with Crippen molar-refractivity contribution in [2.24, 2.45) is 0 Å². The molecule has 1 aromatic rings. The summed E-state index contributed by atoms with van der Waals surface area (Å²) in [7, 11) is 0. The van der Waals surface area contributed by atoms with Crippen LogP contribution in [0.3, 0.4) is 0 Å². The van der Waals surface area contributed by atoms with Gasteiger partial charge >= 0.3 is 0 Å². The van der Waals surface area contributed by atoms with Crippen LogP contribution in [0.4, 0.5) is 0 Å². The Hall–Kier alpha value is -1.37. The first-order valence-corrected chi connectivity index (χ1v) is 8.13. The third kappa shape index (κ3) is 3.64. The van der Waals surface area contributed by atoms with Crippen molar-refractivity contribution in [3.05, 3.63) is 30.1 Å². The van der Waals surface area contributed by atoms with Gasteiger partial charge in [-0.2, -0.15) is 0 Å². The van der Waals surface area contributed by atoms with E-state index < -0.39 is 5.60 Å². The van der Waals surface area contributed by atoms with Gasteiger partial charge in [0.1, 0.15) is 5.60 Å². The van der Waals surface area contributed by atoms with Crippen LogP contribution in [-0.2, 0) is 0 Å². The monoisotopic (exact) mass is 284 g/mol. The van der Waals surface area contributed by atoms with Crippen LogP contribution in [0, 0.1) is 11.8 Å². The number of likely N-dealkylation sites (tertiary alicyclic amines) is 1. The number of aliphatic hydroxyl groups is 1. The van der Waals surface area contributed by atoms with Crippen molar-refractivity contribution in [3.8, 4) is 11.8 Å². The van der Waals surface area contributed by atoms with E-state index in [0.717, 1.165) is 38.8 Å². The summed E-state index contributed by atoms with van der Waals surface area (Å²) >= 11 is 0. The van der Waals surface area contributed by atoms with E-state index in [1.165, 1.54) is 24.8 Å². The van der Waals surface area contributed by atoms with Crippen LogP contribution >= 0.6 is 0 Å². The highest BCUT2D eigenvalue weighted by molar-refractivity contribution is 5.19. The molecule has 0 unspecified atom stereocenters. The average Bonchev–Trinajstić information content (AvgIpc) is 2.95. The molecule has 1 aliphatic carbocycles. The molecule has 0 aromatic carbocycles. The highest BCUT2D eigenvalue weighted by atomic mass is 16.3. The van der Waals surface area contributed by atoms with Gasteiger partial charge in [0.25, 0.3) is 0 Å². The van der Waals surface area contributed by atoms with Crippen LogP contribution in [0.1, 0.15) is 56.6 Å². The van der Waals surface area contributed by atoms with E-state index in [1.54, 1.807) is 0 Å². The summed E-state index contributed by atoms with van der Waals surface area (Å²) < 4.78 is 0. The summed E-state index contributed by atoms with van der Waals surface area (Å²) in [5.74, 6) is 6.37. The number of nitrogens with zero attached hydrogens (tertiary/aromatic N) is 2. The Morgan fingerprint density at radius 2 is 2.14 bits per heavy atom. The highest BCUT2D eigenvalue weighted by Gasteiger charge is 2.29. The molecule has 21 heavy (non-hydrogen) atoms. The van der Waals surface area contributed by atoms with Crippen molar-refractivity contribution in [1.82, 2.24) is 9.88 Å². The van der Waals surface area contributed by atoms with E-state index in [1.807, 2.05) is 18.5 Å². The fourth-order valence-corrected chi connectivity index (χ4v) is 3.52. The zero-order chi connectivity index (χ0) is 14.5. The Balaban J connectivity index is 1.66. The lowest BCUT2D eigenvalue weighted by atomic mass is 9.96. The van der Waals surface area contributed by atoms with Gasteiger partial charge in [-0.15, -0.1) is 0 Å². The maximum Gasteiger partial charge on any atom is 0.125 e. The van der Waals surface area contributed by atoms with Crippen molar-refractivity contribution >= 4 is 0 Å². The van der Waals surface area contributed by atoms with Crippen molar-refractivity contribution in [1.29, 1.82) is 0 Å². The van der Waals surface area contributed by atoms with Gasteiger partial charge in [0, 0.05) is 18.4 Å². The Kier molecular flexibility index (Phi) is 4.57. The number of hydrogen-bond acceptors (Lipinski definition) is 3. The Morgan fingerprint density at radius 3 is 2.90 bits per heavy atom. The zero-order valence-corrected chi connectivity index (χ0v) is 12.6. The third-order valence-corrected chi connectivity index (χ3v) is 4.72. The molecule has 0 radical (unpaired) electrons. The van der Waals surface area contributed by atoms with Gasteiger partial charge in [-0.05, 0) is 56.7 Å². The molecule has 3 heteroatoms. The van der Waals surface area contributed by atoms with Gasteiger partial charge in [0.15, 0.2) is 0 Å². The predicted molar refractivity (Wildman–Crippen MR) is 83.6 cm³/mol. The maximum absolute atomic E-state index is 10.3. The zero-order valence-electron chi connectivity index (χ0n) is 12.6. The molecule has 0 bridgehead atoms. The van der Waals surface area contributed by atoms with Crippen molar-refractivity contribution < 1.29 is 5.11 Å². The number of pyridine rings is 1. The molecule has 2 fully saturated rings. The molecule has 1 saturated carbocycles. The fourth-order valence-electron chi connectivity index (χ4n) is 3.52. The minimum Gasteiger partial charge on any atom is -0.378 e. The Morgan fingerprint density at radius 1 is 1.29 bits per heavy atom. The van der Waals surface area contributed by atoms with E-state index >= 15 is 0 Å². The lowest BCUT2D eigenvalue weighted by Gasteiger charge is -2.34. The molecule has 112 valence electrons. The van der Waals surface area contributed by atoms with Gasteiger partial charge in [0.05, 0.1) is 6.54 Å². The van der Waals surface area contributed by atoms with Gasteiger partial charge < -0.3 is 5.11 Å². The highest BCUT2D eigenvalue weighted by Crippen LogP contribution is 2.30. The second-order valence-electron chi connectivity index (χ2n) is 6.31. The summed E-state index contributed by atoms with van der Waals surface area (Å²) in [5.41, 5.74) is 0.582. The summed E-state index contributed by atoms with van der Waals surface area (Å²) in [6.07, 6.45) is 11.4. The third-order valence-electron chi connectivity index (χ3n) is 4.72. The second-order valence-corrected chi connectivity index (χ2v) is 6.31. The van der Waals surface area contributed by atoms with Gasteiger partial charge in [-0.3, -0.25) is 9.88 Å². The van der Waals surface area contributed by atoms with Crippen LogP contribution < -0.4 is 0 Å². The molecule has 3 rings (SSSR count). The molecule has 1 saturated heterocycles. The largest absolute Gasteiger partial charge is 0.378 e. The molecule has 1 aromatic heterocycles. The van der Waals surface area contributed by atoms with Gasteiger partial charge in [0.2, 0.25) is 0 Å². The van der Waals surface area contributed by atoms with Crippen LogP contribution in [0.5, 0.6) is 0 Å². The van der Waals surface area contributed by atoms with E-state index in [-0.39, 0.29) is 0 Å². The summed E-state index contributed by atoms with van der Waals surface area (Å²) in [6.45, 7) is 1.84.